The fourth-order valence-electron chi connectivity index (χ4n) is 1.51. The molecule has 0 aliphatic carbocycles. The van der Waals surface area contributed by atoms with Gasteiger partial charge in [0.15, 0.2) is 0 Å². The van der Waals surface area contributed by atoms with Crippen molar-refractivity contribution >= 4 is 10.9 Å². The Morgan fingerprint density at radius 3 is 3.00 bits per heavy atom. The predicted molar refractivity (Wildman–Crippen MR) is 52.0 cm³/mol. The average molecular weight is 173 g/mol. The van der Waals surface area contributed by atoms with Crippen LogP contribution in [0.2, 0.25) is 0 Å². The maximum atomic E-state index is 6.73. The second kappa shape index (κ2) is 3.39. The summed E-state index contributed by atoms with van der Waals surface area (Å²) in [5.41, 5.74) is 9.13. The molecule has 0 atom stereocenters. The third-order valence-electron chi connectivity index (χ3n) is 2.17. The molecule has 0 aliphatic rings. The quantitative estimate of drug-likeness (QED) is 0.670. The standard InChI is InChI=1S/C10H11N3/c11-13-6-5-8-7-12-10-4-2-1-3-9(8)10/h1-4,7,11-12H,5-6H2. The second-order valence-corrected chi connectivity index (χ2v) is 2.99. The van der Waals surface area contributed by atoms with Crippen LogP contribution in [0.15, 0.2) is 35.6 Å². The second-order valence-electron chi connectivity index (χ2n) is 2.99. The number of nitrogens with zero attached hydrogens (tertiary/aromatic N) is 1. The Hall–Kier alpha value is -1.64. The van der Waals surface area contributed by atoms with Crippen molar-refractivity contribution in [3.05, 3.63) is 36.0 Å². The zero-order valence-electron chi connectivity index (χ0n) is 7.25. The summed E-state index contributed by atoms with van der Waals surface area (Å²) in [5.74, 6) is 0. The van der Waals surface area contributed by atoms with Gasteiger partial charge in [-0.25, -0.2) is 5.53 Å². The van der Waals surface area contributed by atoms with Crippen LogP contribution in [-0.2, 0) is 6.42 Å². The van der Waals surface area contributed by atoms with Gasteiger partial charge in [0.2, 0.25) is 0 Å². The molecule has 0 spiro atoms. The van der Waals surface area contributed by atoms with E-state index in [9.17, 15) is 0 Å². The highest BCUT2D eigenvalue weighted by atomic mass is 14.9. The molecule has 1 heterocycles. The van der Waals surface area contributed by atoms with Crippen LogP contribution in [0.25, 0.3) is 10.9 Å². The molecular formula is C10H11N3. The van der Waals surface area contributed by atoms with Crippen molar-refractivity contribution < 1.29 is 0 Å². The molecule has 3 heteroatoms. The Morgan fingerprint density at radius 1 is 1.31 bits per heavy atom. The Kier molecular flexibility index (Phi) is 2.08. The summed E-state index contributed by atoms with van der Waals surface area (Å²) < 4.78 is 0. The van der Waals surface area contributed by atoms with Crippen LogP contribution in [0.3, 0.4) is 0 Å². The summed E-state index contributed by atoms with van der Waals surface area (Å²) in [7, 11) is 0. The number of H-pyrrole nitrogens is 1. The Labute approximate surface area is 76.3 Å². The number of fused-ring (bicyclic) bond motifs is 1. The van der Waals surface area contributed by atoms with Crippen molar-refractivity contribution in [1.82, 2.24) is 4.98 Å². The van der Waals surface area contributed by atoms with Gasteiger partial charge in [-0.1, -0.05) is 18.2 Å². The normalized spacial score (nSPS) is 10.5. The van der Waals surface area contributed by atoms with Gasteiger partial charge in [0.1, 0.15) is 0 Å². The minimum Gasteiger partial charge on any atom is -0.361 e. The largest absolute Gasteiger partial charge is 0.361 e. The van der Waals surface area contributed by atoms with Gasteiger partial charge in [-0.05, 0) is 18.1 Å². The fourth-order valence-corrected chi connectivity index (χ4v) is 1.51. The molecule has 3 nitrogen and oxygen atoms in total. The van der Waals surface area contributed by atoms with Crippen LogP contribution in [0.5, 0.6) is 0 Å². The molecule has 66 valence electrons. The van der Waals surface area contributed by atoms with E-state index in [-0.39, 0.29) is 0 Å². The van der Waals surface area contributed by atoms with Gasteiger partial charge >= 0.3 is 0 Å². The van der Waals surface area contributed by atoms with Crippen molar-refractivity contribution in [3.8, 4) is 0 Å². The van der Waals surface area contributed by atoms with E-state index in [1.165, 1.54) is 10.9 Å². The van der Waals surface area contributed by atoms with Crippen molar-refractivity contribution in [2.45, 2.75) is 6.42 Å². The van der Waals surface area contributed by atoms with Crippen LogP contribution in [-0.4, -0.2) is 11.5 Å². The molecule has 0 aliphatic heterocycles. The lowest BCUT2D eigenvalue weighted by atomic mass is 10.1. The van der Waals surface area contributed by atoms with E-state index in [0.717, 1.165) is 11.9 Å². The van der Waals surface area contributed by atoms with E-state index in [1.54, 1.807) is 0 Å². The Balaban J connectivity index is 2.40. The molecular weight excluding hydrogens is 162 g/mol. The van der Waals surface area contributed by atoms with E-state index < -0.39 is 0 Å². The molecule has 0 unspecified atom stereocenters. The molecule has 13 heavy (non-hydrogen) atoms. The van der Waals surface area contributed by atoms with Gasteiger partial charge in [0.25, 0.3) is 0 Å². The Bertz CT molecular complexity index is 417. The lowest BCUT2D eigenvalue weighted by Gasteiger charge is -1.93. The first kappa shape index (κ1) is 7.98. The SMILES string of the molecule is N=NCCc1c[nH]c2ccccc12. The number of hydrogen-bond donors (Lipinski definition) is 2. The number of benzene rings is 1. The smallest absolute Gasteiger partial charge is 0.0637 e. The molecule has 0 saturated carbocycles. The maximum absolute atomic E-state index is 6.73. The first-order valence-electron chi connectivity index (χ1n) is 4.30. The molecule has 1 aromatic carbocycles. The Morgan fingerprint density at radius 2 is 2.15 bits per heavy atom. The molecule has 2 N–H and O–H groups in total. The molecule has 1 aromatic heterocycles. The third kappa shape index (κ3) is 1.45. The van der Waals surface area contributed by atoms with Crippen LogP contribution in [0, 0.1) is 5.53 Å². The van der Waals surface area contributed by atoms with Gasteiger partial charge in [0, 0.05) is 17.1 Å². The summed E-state index contributed by atoms with van der Waals surface area (Å²) in [6, 6.07) is 8.18. The molecule has 0 bridgehead atoms. The van der Waals surface area contributed by atoms with E-state index in [2.05, 4.69) is 22.2 Å². The van der Waals surface area contributed by atoms with Gasteiger partial charge in [0.05, 0.1) is 6.54 Å². The van der Waals surface area contributed by atoms with Gasteiger partial charge < -0.3 is 4.98 Å². The fraction of sp³-hybridized carbons (Fsp3) is 0.200. The van der Waals surface area contributed by atoms with Crippen molar-refractivity contribution in [1.29, 1.82) is 5.53 Å². The molecule has 2 aromatic rings. The number of para-hydroxylation sites is 1. The lowest BCUT2D eigenvalue weighted by molar-refractivity contribution is 0.871. The van der Waals surface area contributed by atoms with Crippen LogP contribution >= 0.6 is 0 Å². The molecule has 0 fully saturated rings. The highest BCUT2D eigenvalue weighted by Gasteiger charge is 2.00. The summed E-state index contributed by atoms with van der Waals surface area (Å²) in [4.78, 5) is 3.19. The summed E-state index contributed by atoms with van der Waals surface area (Å²) in [5, 5.41) is 4.60. The molecule has 2 rings (SSSR count). The molecule has 0 amide bonds. The zero-order chi connectivity index (χ0) is 9.10. The first-order chi connectivity index (χ1) is 6.42. The number of rotatable bonds is 3. The summed E-state index contributed by atoms with van der Waals surface area (Å²) in [6.45, 7) is 0.571. The first-order valence-corrected chi connectivity index (χ1v) is 4.30. The maximum Gasteiger partial charge on any atom is 0.0637 e. The van der Waals surface area contributed by atoms with Crippen molar-refractivity contribution in [2.75, 3.05) is 6.54 Å². The molecule has 0 saturated heterocycles. The third-order valence-corrected chi connectivity index (χ3v) is 2.17. The number of aromatic nitrogens is 1. The topological polar surface area (TPSA) is 52.0 Å². The minimum absolute atomic E-state index is 0.571. The van der Waals surface area contributed by atoms with E-state index >= 15 is 0 Å². The van der Waals surface area contributed by atoms with Crippen LogP contribution in [0.4, 0.5) is 0 Å². The number of nitrogens with one attached hydrogen (secondary N) is 2. The van der Waals surface area contributed by atoms with Crippen molar-refractivity contribution in [2.24, 2.45) is 5.11 Å². The zero-order valence-corrected chi connectivity index (χ0v) is 7.25. The highest BCUT2D eigenvalue weighted by Crippen LogP contribution is 2.17. The highest BCUT2D eigenvalue weighted by molar-refractivity contribution is 5.82. The lowest BCUT2D eigenvalue weighted by Crippen LogP contribution is -1.85. The van der Waals surface area contributed by atoms with Gasteiger partial charge in [-0.15, -0.1) is 0 Å². The van der Waals surface area contributed by atoms with Crippen LogP contribution in [0.1, 0.15) is 5.56 Å². The van der Waals surface area contributed by atoms with E-state index in [0.29, 0.717) is 6.54 Å². The van der Waals surface area contributed by atoms with E-state index in [4.69, 9.17) is 5.53 Å². The van der Waals surface area contributed by atoms with Crippen molar-refractivity contribution in [3.63, 3.8) is 0 Å². The number of hydrogen-bond acceptors (Lipinski definition) is 2. The van der Waals surface area contributed by atoms with Crippen LogP contribution < -0.4 is 0 Å². The summed E-state index contributed by atoms with van der Waals surface area (Å²) >= 11 is 0. The average Bonchev–Trinajstić information content (AvgIpc) is 2.58. The summed E-state index contributed by atoms with van der Waals surface area (Å²) in [6.07, 6.45) is 2.84. The minimum atomic E-state index is 0.571. The van der Waals surface area contributed by atoms with E-state index in [1.807, 2.05) is 18.3 Å². The predicted octanol–water partition coefficient (Wildman–Crippen LogP) is 2.74. The molecule has 0 radical (unpaired) electrons. The number of aromatic amines is 1. The monoisotopic (exact) mass is 173 g/mol. The van der Waals surface area contributed by atoms with Gasteiger partial charge in [-0.2, -0.15) is 5.11 Å². The van der Waals surface area contributed by atoms with Gasteiger partial charge in [-0.3, -0.25) is 0 Å².